The van der Waals surface area contributed by atoms with Gasteiger partial charge in [-0.25, -0.2) is 0 Å². The number of piperazine rings is 1. The second-order valence-corrected chi connectivity index (χ2v) is 9.23. The Bertz CT molecular complexity index is 358. The summed E-state index contributed by atoms with van der Waals surface area (Å²) in [6, 6.07) is 0. The molecule has 0 amide bonds. The normalized spacial score (nSPS) is 26.4. The molecule has 2 aliphatic heterocycles. The Kier molecular flexibility index (Phi) is 7.54. The van der Waals surface area contributed by atoms with E-state index in [2.05, 4.69) is 56.2 Å². The molecule has 0 aromatic carbocycles. The fourth-order valence-corrected chi connectivity index (χ4v) is 3.79. The van der Waals surface area contributed by atoms with Crippen molar-refractivity contribution in [2.75, 3.05) is 59.0 Å². The first-order chi connectivity index (χ1) is 11.3. The van der Waals surface area contributed by atoms with Crippen LogP contribution in [0.2, 0.25) is 0 Å². The number of likely N-dealkylation sites (tertiary alicyclic amines) is 1. The van der Waals surface area contributed by atoms with Gasteiger partial charge in [-0.3, -0.25) is 4.90 Å². The fraction of sp³-hybridized carbons (Fsp3) is 1.00. The molecule has 2 atom stereocenters. The molecular formula is C20H41N3O. The van der Waals surface area contributed by atoms with Crippen molar-refractivity contribution >= 4 is 0 Å². The molecule has 2 saturated heterocycles. The van der Waals surface area contributed by atoms with E-state index in [0.29, 0.717) is 17.6 Å². The highest BCUT2D eigenvalue weighted by atomic mass is 16.5. The molecule has 4 nitrogen and oxygen atoms in total. The third-order valence-electron chi connectivity index (χ3n) is 5.93. The minimum Gasteiger partial charge on any atom is -0.377 e. The van der Waals surface area contributed by atoms with Gasteiger partial charge in [0.2, 0.25) is 0 Å². The summed E-state index contributed by atoms with van der Waals surface area (Å²) in [5, 5.41) is 0. The fourth-order valence-electron chi connectivity index (χ4n) is 3.79. The van der Waals surface area contributed by atoms with Gasteiger partial charge in [0, 0.05) is 51.4 Å². The molecular weight excluding hydrogens is 298 g/mol. The number of hydrogen-bond acceptors (Lipinski definition) is 4. The van der Waals surface area contributed by atoms with Crippen molar-refractivity contribution in [1.82, 2.24) is 14.7 Å². The second kappa shape index (κ2) is 8.98. The van der Waals surface area contributed by atoms with E-state index in [1.54, 1.807) is 0 Å². The summed E-state index contributed by atoms with van der Waals surface area (Å²) in [4.78, 5) is 7.91. The molecule has 2 aliphatic rings. The van der Waals surface area contributed by atoms with Crippen molar-refractivity contribution in [2.45, 2.75) is 59.6 Å². The van der Waals surface area contributed by atoms with Gasteiger partial charge in [0.15, 0.2) is 0 Å². The third kappa shape index (κ3) is 6.29. The number of hydrogen-bond donors (Lipinski definition) is 0. The highest BCUT2D eigenvalue weighted by molar-refractivity contribution is 4.84. The molecule has 0 radical (unpaired) electrons. The van der Waals surface area contributed by atoms with Crippen LogP contribution in [0.3, 0.4) is 0 Å². The molecule has 0 bridgehead atoms. The van der Waals surface area contributed by atoms with E-state index >= 15 is 0 Å². The molecule has 2 fully saturated rings. The first kappa shape index (κ1) is 20.2. The molecule has 0 N–H and O–H groups in total. The minimum atomic E-state index is 0.323. The third-order valence-corrected chi connectivity index (χ3v) is 5.93. The van der Waals surface area contributed by atoms with Gasteiger partial charge in [-0.2, -0.15) is 0 Å². The van der Waals surface area contributed by atoms with Crippen LogP contribution in [0.15, 0.2) is 0 Å². The summed E-state index contributed by atoms with van der Waals surface area (Å²) >= 11 is 0. The molecule has 24 heavy (non-hydrogen) atoms. The van der Waals surface area contributed by atoms with Gasteiger partial charge in [0.1, 0.15) is 0 Å². The Labute approximate surface area is 150 Å². The number of rotatable bonds is 7. The van der Waals surface area contributed by atoms with Gasteiger partial charge in [0.25, 0.3) is 0 Å². The lowest BCUT2D eigenvalue weighted by atomic mass is 10.0. The summed E-state index contributed by atoms with van der Waals surface area (Å²) in [5.74, 6) is 1.47. The van der Waals surface area contributed by atoms with Crippen LogP contribution in [0.25, 0.3) is 0 Å². The zero-order valence-corrected chi connectivity index (χ0v) is 17.1. The molecule has 0 aromatic heterocycles. The molecule has 0 saturated carbocycles. The van der Waals surface area contributed by atoms with Gasteiger partial charge >= 0.3 is 0 Å². The molecule has 2 heterocycles. The Hall–Kier alpha value is -0.160. The topological polar surface area (TPSA) is 19.0 Å². The second-order valence-electron chi connectivity index (χ2n) is 9.23. The monoisotopic (exact) mass is 339 g/mol. The van der Waals surface area contributed by atoms with E-state index in [4.69, 9.17) is 4.74 Å². The SMILES string of the molecule is CC(C)[C@H](C)OCCN1CC[C@@H](CN2CCN(C(C)(C)C)CC2)C1. The quantitative estimate of drug-likeness (QED) is 0.710. The maximum atomic E-state index is 5.94. The number of ether oxygens (including phenoxy) is 1. The smallest absolute Gasteiger partial charge is 0.0597 e. The van der Waals surface area contributed by atoms with Crippen molar-refractivity contribution in [3.8, 4) is 0 Å². The zero-order valence-electron chi connectivity index (χ0n) is 17.1. The zero-order chi connectivity index (χ0) is 17.7. The summed E-state index contributed by atoms with van der Waals surface area (Å²) in [5.41, 5.74) is 0.323. The maximum Gasteiger partial charge on any atom is 0.0597 e. The predicted molar refractivity (Wildman–Crippen MR) is 103 cm³/mol. The number of nitrogens with zero attached hydrogens (tertiary/aromatic N) is 3. The van der Waals surface area contributed by atoms with Gasteiger partial charge in [-0.15, -0.1) is 0 Å². The Morgan fingerprint density at radius 3 is 2.21 bits per heavy atom. The summed E-state index contributed by atoms with van der Waals surface area (Å²) < 4.78 is 5.94. The molecule has 0 spiro atoms. The van der Waals surface area contributed by atoms with Crippen LogP contribution in [-0.2, 0) is 4.74 Å². The summed E-state index contributed by atoms with van der Waals surface area (Å²) in [6.45, 7) is 24.4. The van der Waals surface area contributed by atoms with Crippen molar-refractivity contribution in [3.63, 3.8) is 0 Å². The Morgan fingerprint density at radius 2 is 1.62 bits per heavy atom. The van der Waals surface area contributed by atoms with Crippen LogP contribution in [0, 0.1) is 11.8 Å². The first-order valence-electron chi connectivity index (χ1n) is 10.1. The lowest BCUT2D eigenvalue weighted by molar-refractivity contribution is 0.0240. The van der Waals surface area contributed by atoms with Crippen LogP contribution < -0.4 is 0 Å². The van der Waals surface area contributed by atoms with Crippen molar-refractivity contribution < 1.29 is 4.74 Å². The standard InChI is InChI=1S/C20H41N3O/c1-17(2)18(3)24-14-13-21-8-7-19(15-21)16-22-9-11-23(12-10-22)20(4,5)6/h17-19H,7-16H2,1-6H3/t18-,19+/m0/s1. The molecule has 2 rings (SSSR count). The Balaban J connectivity index is 1.61. The van der Waals surface area contributed by atoms with Crippen molar-refractivity contribution in [3.05, 3.63) is 0 Å². The van der Waals surface area contributed by atoms with Gasteiger partial charge < -0.3 is 14.5 Å². The molecule has 4 heteroatoms. The summed E-state index contributed by atoms with van der Waals surface area (Å²) in [6.07, 6.45) is 1.74. The minimum absolute atomic E-state index is 0.323. The molecule has 142 valence electrons. The van der Waals surface area contributed by atoms with Crippen LogP contribution >= 0.6 is 0 Å². The van der Waals surface area contributed by atoms with E-state index in [-0.39, 0.29) is 0 Å². The average molecular weight is 340 g/mol. The predicted octanol–water partition coefficient (Wildman–Crippen LogP) is 2.79. The van der Waals surface area contributed by atoms with Gasteiger partial charge in [-0.05, 0) is 52.5 Å². The first-order valence-corrected chi connectivity index (χ1v) is 10.1. The van der Waals surface area contributed by atoms with E-state index in [1.165, 1.54) is 52.2 Å². The van der Waals surface area contributed by atoms with Crippen molar-refractivity contribution in [1.29, 1.82) is 0 Å². The van der Waals surface area contributed by atoms with E-state index < -0.39 is 0 Å². The lowest BCUT2D eigenvalue weighted by Gasteiger charge is -2.42. The van der Waals surface area contributed by atoms with Crippen molar-refractivity contribution in [2.24, 2.45) is 11.8 Å². The van der Waals surface area contributed by atoms with Crippen LogP contribution in [0.4, 0.5) is 0 Å². The highest BCUT2D eigenvalue weighted by Crippen LogP contribution is 2.20. The average Bonchev–Trinajstić information content (AvgIpc) is 2.94. The summed E-state index contributed by atoms with van der Waals surface area (Å²) in [7, 11) is 0. The largest absolute Gasteiger partial charge is 0.377 e. The maximum absolute atomic E-state index is 5.94. The lowest BCUT2D eigenvalue weighted by Crippen LogP contribution is -2.54. The Morgan fingerprint density at radius 1 is 0.958 bits per heavy atom. The van der Waals surface area contributed by atoms with Gasteiger partial charge in [-0.1, -0.05) is 13.8 Å². The van der Waals surface area contributed by atoms with Gasteiger partial charge in [0.05, 0.1) is 12.7 Å². The molecule has 0 unspecified atom stereocenters. The highest BCUT2D eigenvalue weighted by Gasteiger charge is 2.29. The van der Waals surface area contributed by atoms with Crippen LogP contribution in [0.5, 0.6) is 0 Å². The van der Waals surface area contributed by atoms with E-state index in [1.807, 2.05) is 0 Å². The molecule has 0 aliphatic carbocycles. The van der Waals surface area contributed by atoms with Crippen LogP contribution in [0.1, 0.15) is 48.0 Å². The molecule has 0 aromatic rings. The van der Waals surface area contributed by atoms with E-state index in [0.717, 1.165) is 19.1 Å². The van der Waals surface area contributed by atoms with E-state index in [9.17, 15) is 0 Å². The van der Waals surface area contributed by atoms with Crippen LogP contribution in [-0.4, -0.2) is 85.3 Å².